The zero-order valence-corrected chi connectivity index (χ0v) is 16.8. The van der Waals surface area contributed by atoms with Crippen molar-refractivity contribution in [3.8, 4) is 17.4 Å². The number of nitrogens with two attached hydrogens (primary N) is 1. The number of primary amides is 1. The second kappa shape index (κ2) is 9.56. The van der Waals surface area contributed by atoms with Crippen LogP contribution in [0.3, 0.4) is 0 Å². The normalized spacial score (nSPS) is 10.3. The summed E-state index contributed by atoms with van der Waals surface area (Å²) in [6.07, 6.45) is 1.71. The summed E-state index contributed by atoms with van der Waals surface area (Å²) in [4.78, 5) is 27.5. The number of amides is 2. The molecular weight excluding hydrogens is 382 g/mol. The van der Waals surface area contributed by atoms with Gasteiger partial charge in [0.15, 0.2) is 0 Å². The maximum absolute atomic E-state index is 12.1. The molecule has 0 bridgehead atoms. The lowest BCUT2D eigenvalue weighted by Crippen LogP contribution is -2.15. The van der Waals surface area contributed by atoms with Crippen molar-refractivity contribution in [2.24, 2.45) is 5.73 Å². The van der Waals surface area contributed by atoms with Gasteiger partial charge in [0.25, 0.3) is 0 Å². The second-order valence-electron chi connectivity index (χ2n) is 6.79. The summed E-state index contributed by atoms with van der Waals surface area (Å²) in [7, 11) is 0. The number of hydrogen-bond donors (Lipinski definition) is 2. The van der Waals surface area contributed by atoms with Crippen LogP contribution in [-0.4, -0.2) is 23.4 Å². The molecule has 0 spiro atoms. The molecule has 3 N–H and O–H groups in total. The van der Waals surface area contributed by atoms with Crippen LogP contribution in [0.25, 0.3) is 0 Å². The molecule has 154 valence electrons. The lowest BCUT2D eigenvalue weighted by Gasteiger charge is -2.10. The predicted molar refractivity (Wildman–Crippen MR) is 114 cm³/mol. The molecule has 7 nitrogen and oxygen atoms in total. The number of rotatable bonds is 8. The van der Waals surface area contributed by atoms with Crippen LogP contribution in [-0.2, 0) is 4.79 Å². The van der Waals surface area contributed by atoms with Crippen LogP contribution in [0.2, 0.25) is 0 Å². The SMILES string of the molecule is Cc1ccc(OCCC(=O)Nc2ccc(Oc3cccc(C(N)=O)c3)nc2)c(C)c1. The summed E-state index contributed by atoms with van der Waals surface area (Å²) < 4.78 is 11.3. The van der Waals surface area contributed by atoms with Gasteiger partial charge in [-0.3, -0.25) is 9.59 Å². The summed E-state index contributed by atoms with van der Waals surface area (Å²) >= 11 is 0. The van der Waals surface area contributed by atoms with Gasteiger partial charge in [-0.2, -0.15) is 0 Å². The Labute approximate surface area is 174 Å². The lowest BCUT2D eigenvalue weighted by molar-refractivity contribution is -0.116. The van der Waals surface area contributed by atoms with Gasteiger partial charge in [-0.1, -0.05) is 23.8 Å². The van der Waals surface area contributed by atoms with Crippen LogP contribution in [0.15, 0.2) is 60.8 Å². The zero-order valence-electron chi connectivity index (χ0n) is 16.8. The first kappa shape index (κ1) is 20.9. The minimum absolute atomic E-state index is 0.176. The van der Waals surface area contributed by atoms with Crippen molar-refractivity contribution in [2.45, 2.75) is 20.3 Å². The highest BCUT2D eigenvalue weighted by atomic mass is 16.5. The van der Waals surface area contributed by atoms with E-state index in [4.69, 9.17) is 15.2 Å². The summed E-state index contributed by atoms with van der Waals surface area (Å²) in [5, 5.41) is 2.77. The fourth-order valence-electron chi connectivity index (χ4n) is 2.79. The van der Waals surface area contributed by atoms with Crippen LogP contribution in [0.5, 0.6) is 17.4 Å². The van der Waals surface area contributed by atoms with Gasteiger partial charge >= 0.3 is 0 Å². The highest BCUT2D eigenvalue weighted by Crippen LogP contribution is 2.22. The molecule has 0 aliphatic heterocycles. The number of carbonyl (C=O) groups excluding carboxylic acids is 2. The van der Waals surface area contributed by atoms with Crippen molar-refractivity contribution in [1.29, 1.82) is 0 Å². The van der Waals surface area contributed by atoms with E-state index in [2.05, 4.69) is 10.3 Å². The van der Waals surface area contributed by atoms with E-state index in [1.165, 1.54) is 12.3 Å². The molecule has 1 heterocycles. The Kier molecular flexibility index (Phi) is 6.64. The molecule has 0 saturated carbocycles. The fourth-order valence-corrected chi connectivity index (χ4v) is 2.79. The average molecular weight is 405 g/mol. The van der Waals surface area contributed by atoms with Crippen LogP contribution in [0, 0.1) is 13.8 Å². The summed E-state index contributed by atoms with van der Waals surface area (Å²) in [5.74, 6) is 0.835. The minimum atomic E-state index is -0.534. The van der Waals surface area contributed by atoms with Crippen molar-refractivity contribution in [3.05, 3.63) is 77.5 Å². The number of ether oxygens (including phenoxy) is 2. The first-order chi connectivity index (χ1) is 14.4. The van der Waals surface area contributed by atoms with Gasteiger partial charge in [-0.15, -0.1) is 0 Å². The molecule has 0 fully saturated rings. The van der Waals surface area contributed by atoms with Crippen LogP contribution in [0.4, 0.5) is 5.69 Å². The van der Waals surface area contributed by atoms with Gasteiger partial charge in [0.2, 0.25) is 17.7 Å². The standard InChI is InChI=1S/C23H23N3O4/c1-15-6-8-20(16(2)12-15)29-11-10-21(27)26-18-7-9-22(25-14-18)30-19-5-3-4-17(13-19)23(24)28/h3-9,12-14H,10-11H2,1-2H3,(H2,24,28)(H,26,27). The van der Waals surface area contributed by atoms with Gasteiger partial charge in [0, 0.05) is 11.6 Å². The molecule has 0 aliphatic carbocycles. The van der Waals surface area contributed by atoms with Gasteiger partial charge in [0.1, 0.15) is 11.5 Å². The van der Waals surface area contributed by atoms with E-state index >= 15 is 0 Å². The third-order valence-electron chi connectivity index (χ3n) is 4.28. The van der Waals surface area contributed by atoms with E-state index in [1.807, 2.05) is 32.0 Å². The first-order valence-electron chi connectivity index (χ1n) is 9.44. The van der Waals surface area contributed by atoms with E-state index < -0.39 is 5.91 Å². The van der Waals surface area contributed by atoms with Crippen LogP contribution < -0.4 is 20.5 Å². The van der Waals surface area contributed by atoms with Crippen LogP contribution in [0.1, 0.15) is 27.9 Å². The quantitative estimate of drug-likeness (QED) is 0.590. The average Bonchev–Trinajstić information content (AvgIpc) is 2.71. The Balaban J connectivity index is 1.49. The Bertz CT molecular complexity index is 1050. The van der Waals surface area contributed by atoms with Crippen molar-refractivity contribution < 1.29 is 19.1 Å². The number of aromatic nitrogens is 1. The molecule has 0 radical (unpaired) electrons. The van der Waals surface area contributed by atoms with Crippen molar-refractivity contribution >= 4 is 17.5 Å². The number of anilines is 1. The van der Waals surface area contributed by atoms with E-state index in [-0.39, 0.29) is 18.9 Å². The molecule has 2 amide bonds. The Morgan fingerprint density at radius 2 is 1.90 bits per heavy atom. The number of nitrogens with one attached hydrogen (secondary N) is 1. The van der Waals surface area contributed by atoms with E-state index in [0.29, 0.717) is 22.9 Å². The third-order valence-corrected chi connectivity index (χ3v) is 4.28. The van der Waals surface area contributed by atoms with Crippen LogP contribution >= 0.6 is 0 Å². The lowest BCUT2D eigenvalue weighted by atomic mass is 10.1. The second-order valence-corrected chi connectivity index (χ2v) is 6.79. The largest absolute Gasteiger partial charge is 0.493 e. The number of nitrogens with zero attached hydrogens (tertiary/aromatic N) is 1. The molecule has 0 saturated heterocycles. The number of benzene rings is 2. The highest BCUT2D eigenvalue weighted by Gasteiger charge is 2.07. The van der Waals surface area contributed by atoms with E-state index in [9.17, 15) is 9.59 Å². The molecule has 3 aromatic rings. The topological polar surface area (TPSA) is 104 Å². The first-order valence-corrected chi connectivity index (χ1v) is 9.44. The third kappa shape index (κ3) is 5.81. The molecule has 0 unspecified atom stereocenters. The Hall–Kier alpha value is -3.87. The van der Waals surface area contributed by atoms with Crippen molar-refractivity contribution in [1.82, 2.24) is 4.98 Å². The Morgan fingerprint density at radius 1 is 1.07 bits per heavy atom. The highest BCUT2D eigenvalue weighted by molar-refractivity contribution is 5.93. The Morgan fingerprint density at radius 3 is 2.60 bits per heavy atom. The number of carbonyl (C=O) groups is 2. The van der Waals surface area contributed by atoms with E-state index in [1.54, 1.807) is 30.3 Å². The maximum Gasteiger partial charge on any atom is 0.248 e. The molecule has 7 heteroatoms. The molecule has 30 heavy (non-hydrogen) atoms. The van der Waals surface area contributed by atoms with Gasteiger partial charge < -0.3 is 20.5 Å². The number of aryl methyl sites for hydroxylation is 2. The van der Waals surface area contributed by atoms with Crippen molar-refractivity contribution in [2.75, 3.05) is 11.9 Å². The molecular formula is C23H23N3O4. The molecule has 0 atom stereocenters. The zero-order chi connectivity index (χ0) is 21.5. The van der Waals surface area contributed by atoms with E-state index in [0.717, 1.165) is 16.9 Å². The fraction of sp³-hybridized carbons (Fsp3) is 0.174. The maximum atomic E-state index is 12.1. The smallest absolute Gasteiger partial charge is 0.248 e. The summed E-state index contributed by atoms with van der Waals surface area (Å²) in [6.45, 7) is 4.27. The molecule has 0 aliphatic rings. The number of pyridine rings is 1. The van der Waals surface area contributed by atoms with Gasteiger partial charge in [-0.25, -0.2) is 4.98 Å². The van der Waals surface area contributed by atoms with Gasteiger partial charge in [0.05, 0.1) is 24.9 Å². The summed E-state index contributed by atoms with van der Waals surface area (Å²) in [6, 6.07) is 15.7. The minimum Gasteiger partial charge on any atom is -0.493 e. The predicted octanol–water partition coefficient (Wildman–Crippen LogP) is 4.00. The van der Waals surface area contributed by atoms with Crippen molar-refractivity contribution in [3.63, 3.8) is 0 Å². The van der Waals surface area contributed by atoms with Gasteiger partial charge in [-0.05, 0) is 49.7 Å². The molecule has 3 rings (SSSR count). The monoisotopic (exact) mass is 405 g/mol. The molecule has 2 aromatic carbocycles. The molecule has 1 aromatic heterocycles. The number of hydrogen-bond acceptors (Lipinski definition) is 5. The summed E-state index contributed by atoms with van der Waals surface area (Å²) in [5.41, 5.74) is 8.36.